The summed E-state index contributed by atoms with van der Waals surface area (Å²) in [5, 5.41) is 18.2. The topological polar surface area (TPSA) is 124 Å². The third-order valence-electron chi connectivity index (χ3n) is 4.92. The number of aromatic nitrogens is 2. The van der Waals surface area contributed by atoms with E-state index in [0.717, 1.165) is 11.1 Å². The maximum Gasteiger partial charge on any atom is 0.270 e. The number of nitro groups is 1. The molecule has 9 nitrogen and oxygen atoms in total. The van der Waals surface area contributed by atoms with Crippen LogP contribution < -0.4 is 5.32 Å². The van der Waals surface area contributed by atoms with Crippen molar-refractivity contribution in [2.45, 2.75) is 25.4 Å². The minimum absolute atomic E-state index is 0.0900. The molecule has 10 heteroatoms. The lowest BCUT2D eigenvalue weighted by molar-refractivity contribution is -0.384. The zero-order chi connectivity index (χ0) is 21.6. The van der Waals surface area contributed by atoms with Crippen molar-refractivity contribution in [1.82, 2.24) is 9.78 Å². The largest absolute Gasteiger partial charge is 0.306 e. The minimum atomic E-state index is -3.34. The fourth-order valence-electron chi connectivity index (χ4n) is 3.53. The van der Waals surface area contributed by atoms with Gasteiger partial charge >= 0.3 is 0 Å². The fraction of sp³-hybridized carbons (Fsp3) is 0.200. The molecule has 0 fully saturated rings. The monoisotopic (exact) mass is 426 g/mol. The first-order chi connectivity index (χ1) is 14.1. The maximum atomic E-state index is 12.8. The molecule has 30 heavy (non-hydrogen) atoms. The van der Waals surface area contributed by atoms with Crippen LogP contribution in [0.25, 0.3) is 5.69 Å². The molecule has 1 N–H and O–H groups in total. The lowest BCUT2D eigenvalue weighted by Crippen LogP contribution is -2.17. The fourth-order valence-corrected chi connectivity index (χ4v) is 5.02. The number of nitrogens with one attached hydrogen (secondary N) is 1. The van der Waals surface area contributed by atoms with Crippen molar-refractivity contribution in [3.63, 3.8) is 0 Å². The number of non-ortho nitro benzene ring substituents is 1. The number of hydrogen-bond donors (Lipinski definition) is 1. The normalized spacial score (nSPS) is 14.3. The number of benzene rings is 2. The first kappa shape index (κ1) is 19.8. The number of carbonyl (C=O) groups excluding carboxylic acids is 1. The molecular weight excluding hydrogens is 408 g/mol. The van der Waals surface area contributed by atoms with Gasteiger partial charge in [0, 0.05) is 23.3 Å². The van der Waals surface area contributed by atoms with E-state index in [2.05, 4.69) is 10.4 Å². The van der Waals surface area contributed by atoms with Crippen molar-refractivity contribution in [3.05, 3.63) is 80.5 Å². The van der Waals surface area contributed by atoms with Crippen LogP contribution >= 0.6 is 0 Å². The molecule has 1 amide bonds. The highest BCUT2D eigenvalue weighted by Gasteiger charge is 2.33. The molecule has 0 unspecified atom stereocenters. The van der Waals surface area contributed by atoms with Crippen LogP contribution in [0.2, 0.25) is 0 Å². The number of aryl methyl sites for hydroxylation is 2. The highest BCUT2D eigenvalue weighted by molar-refractivity contribution is 7.90. The van der Waals surface area contributed by atoms with E-state index >= 15 is 0 Å². The number of fused-ring (bicyclic) bond motifs is 1. The third kappa shape index (κ3) is 3.57. The highest BCUT2D eigenvalue weighted by atomic mass is 32.2. The Hall–Kier alpha value is -3.53. The van der Waals surface area contributed by atoms with E-state index in [-0.39, 0.29) is 28.6 Å². The Kier molecular flexibility index (Phi) is 4.65. The summed E-state index contributed by atoms with van der Waals surface area (Å²) in [5.41, 5.74) is 3.39. The predicted octanol–water partition coefficient (Wildman–Crippen LogP) is 3.08. The second-order valence-electron chi connectivity index (χ2n) is 7.27. The molecule has 154 valence electrons. The summed E-state index contributed by atoms with van der Waals surface area (Å²) in [7, 11) is -3.34. The number of hydrogen-bond acceptors (Lipinski definition) is 6. The average molecular weight is 426 g/mol. The minimum Gasteiger partial charge on any atom is -0.306 e. The van der Waals surface area contributed by atoms with Gasteiger partial charge in [-0.2, -0.15) is 5.10 Å². The lowest BCUT2D eigenvalue weighted by Gasteiger charge is -2.13. The van der Waals surface area contributed by atoms with Crippen molar-refractivity contribution in [3.8, 4) is 5.69 Å². The number of anilines is 1. The zero-order valence-corrected chi connectivity index (χ0v) is 17.1. The van der Waals surface area contributed by atoms with Crippen LogP contribution in [-0.2, 0) is 21.3 Å². The van der Waals surface area contributed by atoms with Gasteiger partial charge in [-0.1, -0.05) is 23.8 Å². The van der Waals surface area contributed by atoms with E-state index in [9.17, 15) is 23.3 Å². The van der Waals surface area contributed by atoms with Crippen molar-refractivity contribution in [2.75, 3.05) is 5.32 Å². The van der Waals surface area contributed by atoms with Gasteiger partial charge in [-0.15, -0.1) is 0 Å². The Bertz CT molecular complexity index is 1310. The number of sulfone groups is 1. The van der Waals surface area contributed by atoms with Crippen LogP contribution in [0.5, 0.6) is 0 Å². The Balaban J connectivity index is 1.79. The van der Waals surface area contributed by atoms with Gasteiger partial charge in [-0.3, -0.25) is 14.9 Å². The Morgan fingerprint density at radius 2 is 1.93 bits per heavy atom. The van der Waals surface area contributed by atoms with Crippen LogP contribution in [0.15, 0.2) is 42.5 Å². The van der Waals surface area contributed by atoms with Crippen LogP contribution in [0.3, 0.4) is 0 Å². The van der Waals surface area contributed by atoms with Crippen LogP contribution in [0, 0.1) is 24.0 Å². The molecule has 0 saturated heterocycles. The molecule has 1 aliphatic heterocycles. The molecule has 4 rings (SSSR count). The van der Waals surface area contributed by atoms with Crippen molar-refractivity contribution in [1.29, 1.82) is 0 Å². The summed E-state index contributed by atoms with van der Waals surface area (Å²) in [6.45, 7) is 3.86. The first-order valence-corrected chi connectivity index (χ1v) is 10.9. The van der Waals surface area contributed by atoms with E-state index in [4.69, 9.17) is 0 Å². The molecule has 1 aliphatic rings. The Morgan fingerprint density at radius 1 is 1.17 bits per heavy atom. The van der Waals surface area contributed by atoms with Gasteiger partial charge in [0.2, 0.25) is 0 Å². The van der Waals surface area contributed by atoms with Gasteiger partial charge in [0.1, 0.15) is 5.82 Å². The van der Waals surface area contributed by atoms with Gasteiger partial charge in [-0.25, -0.2) is 13.1 Å². The average Bonchev–Trinajstić information content (AvgIpc) is 3.14. The van der Waals surface area contributed by atoms with E-state index in [1.807, 2.05) is 32.0 Å². The van der Waals surface area contributed by atoms with Gasteiger partial charge < -0.3 is 5.32 Å². The summed E-state index contributed by atoms with van der Waals surface area (Å²) < 4.78 is 25.7. The number of nitrogens with zero attached hydrogens (tertiary/aromatic N) is 3. The molecule has 0 radical (unpaired) electrons. The van der Waals surface area contributed by atoms with Crippen LogP contribution in [-0.4, -0.2) is 29.0 Å². The molecule has 2 aromatic carbocycles. The second-order valence-corrected chi connectivity index (χ2v) is 9.33. The third-order valence-corrected chi connectivity index (χ3v) is 6.36. The number of amides is 1. The first-order valence-electron chi connectivity index (χ1n) is 9.09. The van der Waals surface area contributed by atoms with Gasteiger partial charge in [0.15, 0.2) is 9.84 Å². The maximum absolute atomic E-state index is 12.8. The SMILES string of the molecule is Cc1ccc(-n2nc3c(c2NC(=O)c2cccc([N+](=O)[O-])c2)CS(=O)(=O)C3)c(C)c1. The van der Waals surface area contributed by atoms with E-state index < -0.39 is 20.7 Å². The quantitative estimate of drug-likeness (QED) is 0.505. The van der Waals surface area contributed by atoms with E-state index in [1.54, 1.807) is 0 Å². The smallest absolute Gasteiger partial charge is 0.270 e. The molecule has 0 atom stereocenters. The summed E-state index contributed by atoms with van der Waals surface area (Å²) in [6, 6.07) is 11.1. The molecule has 0 aliphatic carbocycles. The number of carbonyl (C=O) groups is 1. The van der Waals surface area contributed by atoms with Crippen molar-refractivity contribution in [2.24, 2.45) is 0 Å². The molecular formula is C20H18N4O5S. The highest BCUT2D eigenvalue weighted by Crippen LogP contribution is 2.34. The summed E-state index contributed by atoms with van der Waals surface area (Å²) in [5.74, 6) is -0.746. The van der Waals surface area contributed by atoms with Gasteiger partial charge in [-0.05, 0) is 31.5 Å². The summed E-state index contributed by atoms with van der Waals surface area (Å²) >= 11 is 0. The zero-order valence-electron chi connectivity index (χ0n) is 16.2. The van der Waals surface area contributed by atoms with Gasteiger partial charge in [0.05, 0.1) is 27.8 Å². The Labute approximate surface area is 172 Å². The molecule has 1 aromatic heterocycles. The summed E-state index contributed by atoms with van der Waals surface area (Å²) in [4.78, 5) is 23.3. The Morgan fingerprint density at radius 3 is 2.63 bits per heavy atom. The molecule has 2 heterocycles. The number of rotatable bonds is 4. The lowest BCUT2D eigenvalue weighted by atomic mass is 10.1. The van der Waals surface area contributed by atoms with E-state index in [1.165, 1.54) is 28.9 Å². The van der Waals surface area contributed by atoms with E-state index in [0.29, 0.717) is 16.9 Å². The molecule has 0 spiro atoms. The van der Waals surface area contributed by atoms with Crippen molar-refractivity contribution >= 4 is 27.2 Å². The molecule has 0 saturated carbocycles. The molecule has 3 aromatic rings. The standard InChI is InChI=1S/C20H18N4O5S/c1-12-6-7-18(13(2)8-12)23-19(16-10-30(28,29)11-17(16)22-23)21-20(25)14-4-3-5-15(9-14)24(26)27/h3-9H,10-11H2,1-2H3,(H,21,25). The van der Waals surface area contributed by atoms with Crippen LogP contribution in [0.4, 0.5) is 11.5 Å². The summed E-state index contributed by atoms with van der Waals surface area (Å²) in [6.07, 6.45) is 0. The predicted molar refractivity (Wildman–Crippen MR) is 110 cm³/mol. The second kappa shape index (κ2) is 7.06. The van der Waals surface area contributed by atoms with Gasteiger partial charge in [0.25, 0.3) is 11.6 Å². The molecule has 0 bridgehead atoms. The van der Waals surface area contributed by atoms with Crippen molar-refractivity contribution < 1.29 is 18.1 Å². The van der Waals surface area contributed by atoms with Crippen LogP contribution in [0.1, 0.15) is 32.7 Å². The number of nitro benzene ring substituents is 1.